The van der Waals surface area contributed by atoms with Crippen LogP contribution in [0.25, 0.3) is 0 Å². The number of carbonyl (C=O) groups is 3. The van der Waals surface area contributed by atoms with E-state index < -0.39 is 10.5 Å². The molecule has 7 heteroatoms. The molecule has 2 aromatic rings. The lowest BCUT2D eigenvalue weighted by atomic mass is 10.1. The molecule has 2 amide bonds. The Morgan fingerprint density at radius 1 is 1.00 bits per heavy atom. The van der Waals surface area contributed by atoms with Crippen LogP contribution in [0.5, 0.6) is 0 Å². The molecule has 2 aromatic carbocycles. The van der Waals surface area contributed by atoms with Crippen LogP contribution in [0, 0.1) is 10.1 Å². The zero-order valence-electron chi connectivity index (χ0n) is 14.1. The molecule has 4 rings (SSSR count). The van der Waals surface area contributed by atoms with Gasteiger partial charge in [0.15, 0.2) is 5.78 Å². The van der Waals surface area contributed by atoms with Crippen LogP contribution in [0.4, 0.5) is 5.69 Å². The normalized spacial score (nSPS) is 17.3. The van der Waals surface area contributed by atoms with Crippen LogP contribution in [0.15, 0.2) is 60.7 Å². The number of nitro groups is 1. The monoisotopic (exact) mass is 362 g/mol. The predicted octanol–water partition coefficient (Wildman–Crippen LogP) is 3.16. The molecular formula is C20H14N2O5. The smallest absolute Gasteiger partial charge is 0.269 e. The third-order valence-electron chi connectivity index (χ3n) is 4.91. The van der Waals surface area contributed by atoms with Crippen LogP contribution in [-0.4, -0.2) is 33.0 Å². The third-order valence-corrected chi connectivity index (χ3v) is 4.91. The van der Waals surface area contributed by atoms with Gasteiger partial charge in [0.2, 0.25) is 0 Å². The van der Waals surface area contributed by atoms with Gasteiger partial charge in [0, 0.05) is 17.7 Å². The fourth-order valence-electron chi connectivity index (χ4n) is 3.26. The lowest BCUT2D eigenvalue weighted by molar-refractivity contribution is -0.384. The van der Waals surface area contributed by atoms with Crippen molar-refractivity contribution in [3.63, 3.8) is 0 Å². The van der Waals surface area contributed by atoms with Crippen LogP contribution in [0.1, 0.15) is 43.9 Å². The molecule has 0 radical (unpaired) electrons. The Hall–Kier alpha value is -3.61. The van der Waals surface area contributed by atoms with Gasteiger partial charge in [-0.1, -0.05) is 18.2 Å². The molecule has 0 atom stereocenters. The Balaban J connectivity index is 1.56. The van der Waals surface area contributed by atoms with E-state index in [4.69, 9.17) is 0 Å². The fraction of sp³-hybridized carbons (Fsp3) is 0.150. The molecule has 1 fully saturated rings. The number of carbonyl (C=O) groups excluding carboxylic acids is 3. The van der Waals surface area contributed by atoms with E-state index in [9.17, 15) is 24.5 Å². The molecule has 0 N–H and O–H groups in total. The highest BCUT2D eigenvalue weighted by Crippen LogP contribution is 2.46. The van der Waals surface area contributed by atoms with Gasteiger partial charge in [-0.3, -0.25) is 29.4 Å². The summed E-state index contributed by atoms with van der Waals surface area (Å²) in [6.07, 6.45) is 4.13. The molecule has 1 aliphatic carbocycles. The standard InChI is InChI=1S/C20H14N2O5/c23-17(13-5-7-14(8-6-13)22(26)27)9-10-20(11-12-20)21-18(24)15-3-1-2-4-16(15)19(21)25/h1-10H,11-12H2/b10-9+. The number of fused-ring (bicyclic) bond motifs is 1. The molecule has 0 unspecified atom stereocenters. The number of non-ortho nitro benzene ring substituents is 1. The van der Waals surface area contributed by atoms with Crippen LogP contribution in [0.2, 0.25) is 0 Å². The molecule has 27 heavy (non-hydrogen) atoms. The van der Waals surface area contributed by atoms with Crippen molar-refractivity contribution < 1.29 is 19.3 Å². The summed E-state index contributed by atoms with van der Waals surface area (Å²) in [7, 11) is 0. The van der Waals surface area contributed by atoms with E-state index in [0.717, 1.165) is 0 Å². The number of nitro benzene ring substituents is 1. The highest BCUT2D eigenvalue weighted by atomic mass is 16.6. The maximum absolute atomic E-state index is 12.6. The first-order valence-corrected chi connectivity index (χ1v) is 8.39. The van der Waals surface area contributed by atoms with Crippen LogP contribution < -0.4 is 0 Å². The Morgan fingerprint density at radius 2 is 1.56 bits per heavy atom. The van der Waals surface area contributed by atoms with Crippen molar-refractivity contribution in [3.05, 3.63) is 87.5 Å². The Morgan fingerprint density at radius 3 is 2.04 bits per heavy atom. The molecule has 1 saturated carbocycles. The zero-order valence-corrected chi connectivity index (χ0v) is 14.1. The number of imide groups is 1. The number of hydrogen-bond donors (Lipinski definition) is 0. The number of allylic oxidation sites excluding steroid dienone is 1. The van der Waals surface area contributed by atoms with Gasteiger partial charge in [0.05, 0.1) is 21.6 Å². The van der Waals surface area contributed by atoms with E-state index in [1.165, 1.54) is 35.2 Å². The largest absolute Gasteiger partial charge is 0.289 e. The van der Waals surface area contributed by atoms with Crippen molar-refractivity contribution in [1.82, 2.24) is 4.90 Å². The maximum atomic E-state index is 12.6. The fourth-order valence-corrected chi connectivity index (χ4v) is 3.26. The molecule has 7 nitrogen and oxygen atoms in total. The Labute approximate surface area is 154 Å². The lowest BCUT2D eigenvalue weighted by Crippen LogP contribution is -2.40. The number of benzene rings is 2. The maximum Gasteiger partial charge on any atom is 0.269 e. The number of ketones is 1. The molecule has 1 aliphatic heterocycles. The highest BCUT2D eigenvalue weighted by molar-refractivity contribution is 6.22. The van der Waals surface area contributed by atoms with Crippen molar-refractivity contribution in [1.29, 1.82) is 0 Å². The van der Waals surface area contributed by atoms with E-state index in [-0.39, 0.29) is 23.3 Å². The van der Waals surface area contributed by atoms with E-state index >= 15 is 0 Å². The quantitative estimate of drug-likeness (QED) is 0.267. The summed E-state index contributed by atoms with van der Waals surface area (Å²) < 4.78 is 0. The van der Waals surface area contributed by atoms with Gasteiger partial charge >= 0.3 is 0 Å². The topological polar surface area (TPSA) is 97.6 Å². The average Bonchev–Trinajstić information content (AvgIpc) is 3.41. The van der Waals surface area contributed by atoms with Crippen molar-refractivity contribution in [2.24, 2.45) is 0 Å². The number of hydrogen-bond acceptors (Lipinski definition) is 5. The summed E-state index contributed by atoms with van der Waals surface area (Å²) in [6.45, 7) is 0. The van der Waals surface area contributed by atoms with Gasteiger partial charge in [-0.2, -0.15) is 0 Å². The number of rotatable bonds is 5. The second-order valence-corrected chi connectivity index (χ2v) is 6.60. The minimum absolute atomic E-state index is 0.0970. The first kappa shape index (κ1) is 16.8. The van der Waals surface area contributed by atoms with Crippen LogP contribution >= 0.6 is 0 Å². The van der Waals surface area contributed by atoms with Crippen molar-refractivity contribution in [3.8, 4) is 0 Å². The zero-order chi connectivity index (χ0) is 19.2. The van der Waals surface area contributed by atoms with Gasteiger partial charge in [-0.05, 0) is 43.2 Å². The lowest BCUT2D eigenvalue weighted by Gasteiger charge is -2.22. The Kier molecular flexibility index (Phi) is 3.73. The van der Waals surface area contributed by atoms with Gasteiger partial charge in [0.25, 0.3) is 17.5 Å². The third kappa shape index (κ3) is 2.73. The summed E-state index contributed by atoms with van der Waals surface area (Å²) in [5.41, 5.74) is 0.187. The summed E-state index contributed by atoms with van der Waals surface area (Å²) in [6, 6.07) is 12.0. The number of amides is 2. The molecular weight excluding hydrogens is 348 g/mol. The van der Waals surface area contributed by atoms with Gasteiger partial charge in [0.1, 0.15) is 0 Å². The van der Waals surface area contributed by atoms with Gasteiger partial charge in [-0.25, -0.2) is 0 Å². The molecule has 134 valence electrons. The molecule has 0 aromatic heterocycles. The average molecular weight is 362 g/mol. The van der Waals surface area contributed by atoms with E-state index in [0.29, 0.717) is 29.5 Å². The minimum atomic E-state index is -0.774. The summed E-state index contributed by atoms with van der Waals surface area (Å²) >= 11 is 0. The molecule has 0 spiro atoms. The van der Waals surface area contributed by atoms with E-state index in [2.05, 4.69) is 0 Å². The van der Waals surface area contributed by atoms with Crippen molar-refractivity contribution in [2.75, 3.05) is 0 Å². The molecule has 2 aliphatic rings. The predicted molar refractivity (Wildman–Crippen MR) is 95.5 cm³/mol. The van der Waals surface area contributed by atoms with Crippen LogP contribution in [-0.2, 0) is 0 Å². The number of nitrogens with zero attached hydrogens (tertiary/aromatic N) is 2. The first-order valence-electron chi connectivity index (χ1n) is 8.39. The summed E-state index contributed by atoms with van der Waals surface area (Å²) in [5, 5.41) is 10.7. The first-order chi connectivity index (χ1) is 12.9. The van der Waals surface area contributed by atoms with E-state index in [1.54, 1.807) is 30.3 Å². The Bertz CT molecular complexity index is 984. The van der Waals surface area contributed by atoms with Crippen molar-refractivity contribution >= 4 is 23.3 Å². The summed E-state index contributed by atoms with van der Waals surface area (Å²) in [4.78, 5) is 49.0. The van der Waals surface area contributed by atoms with Gasteiger partial charge < -0.3 is 0 Å². The minimum Gasteiger partial charge on any atom is -0.289 e. The van der Waals surface area contributed by atoms with E-state index in [1.807, 2.05) is 0 Å². The summed E-state index contributed by atoms with van der Waals surface area (Å²) in [5.74, 6) is -1.03. The second-order valence-electron chi connectivity index (χ2n) is 6.60. The second kappa shape index (κ2) is 5.98. The van der Waals surface area contributed by atoms with Gasteiger partial charge in [-0.15, -0.1) is 0 Å². The highest BCUT2D eigenvalue weighted by Gasteiger charge is 2.54. The molecule has 0 bridgehead atoms. The SMILES string of the molecule is O=C(/C=C/C1(N2C(=O)c3ccccc3C2=O)CC1)c1ccc([N+](=O)[O-])cc1. The molecule has 1 heterocycles. The molecule has 0 saturated heterocycles. The van der Waals surface area contributed by atoms with Crippen molar-refractivity contribution in [2.45, 2.75) is 18.4 Å². The van der Waals surface area contributed by atoms with Crippen LogP contribution in [0.3, 0.4) is 0 Å².